The van der Waals surface area contributed by atoms with Gasteiger partial charge in [-0.05, 0) is 232 Å². The van der Waals surface area contributed by atoms with Crippen molar-refractivity contribution in [1.29, 1.82) is 0 Å². The second-order valence-electron chi connectivity index (χ2n) is 26.4. The summed E-state index contributed by atoms with van der Waals surface area (Å²) in [6.45, 7) is 12.8. The highest BCUT2D eigenvalue weighted by Gasteiger charge is 2.28. The summed E-state index contributed by atoms with van der Waals surface area (Å²) in [7, 11) is 3.07. The Morgan fingerprint density at radius 2 is 0.757 bits per heavy atom. The first-order valence-corrected chi connectivity index (χ1v) is 37.8. The number of carbonyl (C=O) groups excluding carboxylic acids is 6. The first-order chi connectivity index (χ1) is 50.0. The second-order valence-corrected chi connectivity index (χ2v) is 27.5. The maximum Gasteiger partial charge on any atom is 0.338 e. The van der Waals surface area contributed by atoms with Crippen molar-refractivity contribution in [3.63, 3.8) is 0 Å². The van der Waals surface area contributed by atoms with Gasteiger partial charge in [0.2, 0.25) is 0 Å². The third kappa shape index (κ3) is 26.9. The van der Waals surface area contributed by atoms with E-state index in [-0.39, 0.29) is 56.4 Å². The van der Waals surface area contributed by atoms with E-state index in [0.717, 1.165) is 184 Å². The summed E-state index contributed by atoms with van der Waals surface area (Å²) in [5, 5.41) is 14.1. The van der Waals surface area contributed by atoms with Crippen LogP contribution in [-0.4, -0.2) is 161 Å². The first-order valence-electron chi connectivity index (χ1n) is 36.7. The highest BCUT2D eigenvalue weighted by molar-refractivity contribution is 6.34. The minimum absolute atomic E-state index is 0.0289. The minimum atomic E-state index is -0.426. The van der Waals surface area contributed by atoms with E-state index in [1.807, 2.05) is 72.8 Å². The van der Waals surface area contributed by atoms with Crippen LogP contribution in [-0.2, 0) is 62.4 Å². The molecular formula is C80H105Cl3N6O14. The number of fused-ring (bicyclic) bond motifs is 3. The van der Waals surface area contributed by atoms with E-state index in [1.54, 1.807) is 12.1 Å². The lowest BCUT2D eigenvalue weighted by Crippen LogP contribution is -2.37. The number of hydrogen-bond acceptors (Lipinski definition) is 17. The number of methoxy groups -OCH3 is 2. The average molecular weight is 1480 g/mol. The Bertz CT molecular complexity index is 3440. The number of carbonyl (C=O) groups is 6. The van der Waals surface area contributed by atoms with Gasteiger partial charge in [-0.2, -0.15) is 0 Å². The van der Waals surface area contributed by atoms with Gasteiger partial charge in [-0.15, -0.1) is 0 Å². The van der Waals surface area contributed by atoms with Crippen molar-refractivity contribution < 1.29 is 67.0 Å². The minimum Gasteiger partial charge on any atom is -0.495 e. The van der Waals surface area contributed by atoms with Crippen molar-refractivity contribution >= 4 is 87.6 Å². The lowest BCUT2D eigenvalue weighted by atomic mass is 9.93. The molecular weight excluding hydrogens is 1380 g/mol. The summed E-state index contributed by atoms with van der Waals surface area (Å²) >= 11 is 20.0. The second kappa shape index (κ2) is 45.3. The number of halogens is 3. The van der Waals surface area contributed by atoms with Crippen molar-refractivity contribution in [3.05, 3.63) is 150 Å². The predicted octanol–water partition coefficient (Wildman–Crippen LogP) is 16.4. The zero-order chi connectivity index (χ0) is 73.7. The van der Waals surface area contributed by atoms with Crippen molar-refractivity contribution in [2.24, 2.45) is 15.5 Å². The lowest BCUT2D eigenvalue weighted by Gasteiger charge is -2.26. The number of ether oxygens (including phenoxy) is 5. The van der Waals surface area contributed by atoms with Gasteiger partial charge in [0.25, 0.3) is 17.7 Å². The van der Waals surface area contributed by atoms with Crippen LogP contribution in [0.15, 0.2) is 94.4 Å². The van der Waals surface area contributed by atoms with Crippen LogP contribution in [0.3, 0.4) is 0 Å². The van der Waals surface area contributed by atoms with Gasteiger partial charge in [-0.3, -0.25) is 14.4 Å². The van der Waals surface area contributed by atoms with Crippen molar-refractivity contribution in [3.8, 4) is 11.5 Å². The monoisotopic (exact) mass is 1480 g/mol. The maximum atomic E-state index is 13.0. The molecule has 6 heterocycles. The molecule has 3 saturated heterocycles. The summed E-state index contributed by atoms with van der Waals surface area (Å²) in [6.07, 6.45) is 41.8. The lowest BCUT2D eigenvalue weighted by molar-refractivity contribution is -0.137. The molecule has 0 bridgehead atoms. The number of nitrogens with zero attached hydrogens (tertiary/aromatic N) is 6. The largest absolute Gasteiger partial charge is 0.495 e. The zero-order valence-corrected chi connectivity index (χ0v) is 63.5. The molecule has 3 aromatic carbocycles. The Hall–Kier alpha value is -7.94. The summed E-state index contributed by atoms with van der Waals surface area (Å²) in [5.41, 5.74) is 8.22. The normalized spacial score (nSPS) is 20.7. The van der Waals surface area contributed by atoms with E-state index < -0.39 is 11.9 Å². The van der Waals surface area contributed by atoms with Crippen LogP contribution in [0.4, 0.5) is 0 Å². The molecule has 3 amide bonds. The number of allylic oxidation sites excluding steroid dienone is 9. The number of benzene rings is 3. The van der Waals surface area contributed by atoms with Gasteiger partial charge in [0.05, 0.1) is 77.9 Å². The highest BCUT2D eigenvalue weighted by atomic mass is 35.5. The van der Waals surface area contributed by atoms with Crippen LogP contribution >= 0.6 is 34.8 Å². The molecule has 0 saturated carbocycles. The molecule has 560 valence electrons. The fourth-order valence-corrected chi connectivity index (χ4v) is 13.6. The Kier molecular flexibility index (Phi) is 36.2. The van der Waals surface area contributed by atoms with Crippen LogP contribution in [0, 0.1) is 27.7 Å². The van der Waals surface area contributed by atoms with Crippen molar-refractivity contribution in [1.82, 2.24) is 14.7 Å². The van der Waals surface area contributed by atoms with Crippen LogP contribution in [0.1, 0.15) is 211 Å². The Labute approximate surface area is 623 Å². The number of aryl methyl sites for hydroxylation is 4. The van der Waals surface area contributed by atoms with Gasteiger partial charge in [-0.25, -0.2) is 14.4 Å². The predicted molar refractivity (Wildman–Crippen MR) is 406 cm³/mol. The van der Waals surface area contributed by atoms with E-state index in [2.05, 4.69) is 51.9 Å². The molecule has 3 fully saturated rings. The SMILES string of the molecule is COc1cc(C)c2c(c1Cl)CC(=N/OCC(=O)N1CCCCC1)/C=C/CC/C=C/CCCOC2=O.COc1cc(C)c2c(c1Cl)CC(=N\OCC(=O)N1CCCCC1)/C=C/CC/C=C/CCCOC2=O.Cc1cc(C)c2c(c1Cl)C/C(=N\OCC(=O)N1CCCCC1)CCCC/C=C/CCOC2=O. The Balaban J connectivity index is 0.000000216. The van der Waals surface area contributed by atoms with E-state index in [4.69, 9.17) is 73.0 Å². The molecule has 0 unspecified atom stereocenters. The molecule has 6 aliphatic heterocycles. The molecule has 0 aliphatic carbocycles. The van der Waals surface area contributed by atoms with Gasteiger partial charge >= 0.3 is 17.9 Å². The summed E-state index contributed by atoms with van der Waals surface area (Å²) < 4.78 is 27.5. The maximum absolute atomic E-state index is 13.0. The van der Waals surface area contributed by atoms with Gasteiger partial charge < -0.3 is 52.9 Å². The number of cyclic esters (lactones) is 3. The standard InChI is InChI=1S/2C27H35ClN2O5.C26H35ClN2O4/c2*1-20-17-23(33-2)26(28)22-18-21(29-35-19-24(31)30-14-10-8-11-15-30)13-9-6-4-3-5-7-12-16-34-27(32)25(20)22;1-19-16-20(2)25(27)22-17-21(28-33-18-23(30)29-13-9-7-10-14-29)12-8-5-3-4-6-11-15-32-26(31)24(19)22/h2*3,5,9,13,17H,4,6-8,10-12,14-16,18-19H2,1-2H3;4,6,16H,3,5,7-15,17-18H2,1-2H3/b5-3+,13-9+,29-21+;5-3+,13-9+,29-21-;6-4+,28-21-. The highest BCUT2D eigenvalue weighted by Crippen LogP contribution is 2.37. The third-order valence-electron chi connectivity index (χ3n) is 18.4. The van der Waals surface area contributed by atoms with Crippen LogP contribution in [0.5, 0.6) is 11.5 Å². The number of hydrogen-bond donors (Lipinski definition) is 0. The Morgan fingerprint density at radius 3 is 1.18 bits per heavy atom. The number of likely N-dealkylation sites (tertiary alicyclic amines) is 3. The average Bonchev–Trinajstić information content (AvgIpc) is 0.847. The molecule has 23 heteroatoms. The zero-order valence-electron chi connectivity index (χ0n) is 61.2. The molecule has 6 aliphatic rings. The molecule has 0 atom stereocenters. The molecule has 9 rings (SSSR count). The van der Waals surface area contributed by atoms with E-state index in [0.29, 0.717) is 116 Å². The van der Waals surface area contributed by atoms with Crippen LogP contribution in [0.2, 0.25) is 15.1 Å². The fourth-order valence-electron chi connectivity index (χ4n) is 12.8. The first kappa shape index (κ1) is 82.3. The number of amides is 3. The number of piperidine rings is 3. The molecule has 0 radical (unpaired) electrons. The number of oxime groups is 3. The Morgan fingerprint density at radius 1 is 0.398 bits per heavy atom. The smallest absolute Gasteiger partial charge is 0.338 e. The van der Waals surface area contributed by atoms with Crippen LogP contribution < -0.4 is 9.47 Å². The molecule has 103 heavy (non-hydrogen) atoms. The van der Waals surface area contributed by atoms with E-state index >= 15 is 0 Å². The molecule has 0 spiro atoms. The van der Waals surface area contributed by atoms with Crippen molar-refractivity contribution in [2.75, 3.05) is 93.1 Å². The summed E-state index contributed by atoms with van der Waals surface area (Å²) in [6, 6.07) is 5.38. The topological polar surface area (TPSA) is 223 Å². The van der Waals surface area contributed by atoms with Gasteiger partial charge in [0.15, 0.2) is 19.8 Å². The quantitative estimate of drug-likeness (QED) is 0.0754. The fraction of sp³-hybridized carbons (Fsp3) is 0.537. The van der Waals surface area contributed by atoms with Gasteiger partial charge in [0.1, 0.15) is 11.5 Å². The van der Waals surface area contributed by atoms with E-state index in [9.17, 15) is 28.8 Å². The van der Waals surface area contributed by atoms with Gasteiger partial charge in [0, 0.05) is 63.6 Å². The summed E-state index contributed by atoms with van der Waals surface area (Å²) in [4.78, 5) is 98.3. The number of rotatable bonds is 11. The number of esters is 3. The van der Waals surface area contributed by atoms with E-state index in [1.165, 1.54) is 20.6 Å². The summed E-state index contributed by atoms with van der Waals surface area (Å²) in [5.74, 6) is -0.436. The van der Waals surface area contributed by atoms with Crippen LogP contribution in [0.25, 0.3) is 0 Å². The van der Waals surface area contributed by atoms with Gasteiger partial charge in [-0.1, -0.05) is 105 Å². The molecule has 20 nitrogen and oxygen atoms in total. The molecule has 0 aromatic heterocycles. The third-order valence-corrected chi connectivity index (χ3v) is 19.8. The molecule has 0 N–H and O–H groups in total. The molecule has 3 aromatic rings. The van der Waals surface area contributed by atoms with Crippen molar-refractivity contribution in [2.45, 2.75) is 188 Å².